The Morgan fingerprint density at radius 1 is 1.38 bits per heavy atom. The fourth-order valence-electron chi connectivity index (χ4n) is 2.09. The summed E-state index contributed by atoms with van der Waals surface area (Å²) in [6, 6.07) is 0.700. The summed E-state index contributed by atoms with van der Waals surface area (Å²) >= 11 is 0. The van der Waals surface area contributed by atoms with Gasteiger partial charge >= 0.3 is 0 Å². The molecule has 0 spiro atoms. The minimum absolute atomic E-state index is 0.700. The van der Waals surface area contributed by atoms with Gasteiger partial charge in [0.25, 0.3) is 0 Å². The summed E-state index contributed by atoms with van der Waals surface area (Å²) in [7, 11) is 4.13. The minimum atomic E-state index is 0.700. The fraction of sp³-hybridized carbons (Fsp3) is 0.769. The minimum Gasteiger partial charge on any atom is -0.338 e. The lowest BCUT2D eigenvalue weighted by atomic mass is 10.0. The molecule has 0 aromatic carbocycles. The van der Waals surface area contributed by atoms with E-state index in [9.17, 15) is 0 Å². The van der Waals surface area contributed by atoms with Crippen LogP contribution in [-0.4, -0.2) is 22.6 Å². The van der Waals surface area contributed by atoms with E-state index in [0.29, 0.717) is 6.04 Å². The number of rotatable bonds is 8. The van der Waals surface area contributed by atoms with Crippen LogP contribution in [0.1, 0.15) is 44.9 Å². The SMILES string of the molecule is CCCC(CCCCc1nccn1C)NC. The monoisotopic (exact) mass is 223 g/mol. The first kappa shape index (κ1) is 13.2. The molecule has 0 amide bonds. The molecule has 3 heteroatoms. The van der Waals surface area contributed by atoms with Gasteiger partial charge in [-0.25, -0.2) is 4.98 Å². The highest BCUT2D eigenvalue weighted by molar-refractivity contribution is 4.90. The van der Waals surface area contributed by atoms with Crippen molar-refractivity contribution in [3.63, 3.8) is 0 Å². The van der Waals surface area contributed by atoms with Crippen molar-refractivity contribution in [1.29, 1.82) is 0 Å². The standard InChI is InChI=1S/C13H25N3/c1-4-7-12(14-2)8-5-6-9-13-15-10-11-16(13)3/h10-12,14H,4-9H2,1-3H3. The molecule has 0 aliphatic rings. The van der Waals surface area contributed by atoms with Crippen molar-refractivity contribution >= 4 is 0 Å². The van der Waals surface area contributed by atoms with E-state index >= 15 is 0 Å². The van der Waals surface area contributed by atoms with Crippen molar-refractivity contribution < 1.29 is 0 Å². The van der Waals surface area contributed by atoms with Gasteiger partial charge in [-0.2, -0.15) is 0 Å². The molecule has 0 saturated carbocycles. The van der Waals surface area contributed by atoms with Gasteiger partial charge < -0.3 is 9.88 Å². The first-order valence-corrected chi connectivity index (χ1v) is 6.41. The summed E-state index contributed by atoms with van der Waals surface area (Å²) in [5, 5.41) is 3.39. The van der Waals surface area contributed by atoms with Crippen LogP contribution in [0, 0.1) is 0 Å². The smallest absolute Gasteiger partial charge is 0.108 e. The molecule has 0 radical (unpaired) electrons. The van der Waals surface area contributed by atoms with E-state index in [2.05, 4.69) is 35.9 Å². The maximum Gasteiger partial charge on any atom is 0.108 e. The lowest BCUT2D eigenvalue weighted by Gasteiger charge is -2.14. The second-order valence-corrected chi connectivity index (χ2v) is 4.47. The average Bonchev–Trinajstić information content (AvgIpc) is 2.69. The molecule has 0 saturated heterocycles. The van der Waals surface area contributed by atoms with Gasteiger partial charge in [-0.1, -0.05) is 19.8 Å². The lowest BCUT2D eigenvalue weighted by molar-refractivity contribution is 0.460. The molecule has 0 fully saturated rings. The summed E-state index contributed by atoms with van der Waals surface area (Å²) in [6.07, 6.45) is 11.4. The lowest BCUT2D eigenvalue weighted by Crippen LogP contribution is -2.24. The summed E-state index contributed by atoms with van der Waals surface area (Å²) in [5.41, 5.74) is 0. The van der Waals surface area contributed by atoms with Gasteiger partial charge in [0.1, 0.15) is 5.82 Å². The molecule has 1 heterocycles. The second-order valence-electron chi connectivity index (χ2n) is 4.47. The molecule has 0 bridgehead atoms. The zero-order valence-corrected chi connectivity index (χ0v) is 10.9. The van der Waals surface area contributed by atoms with Crippen LogP contribution in [0.25, 0.3) is 0 Å². The van der Waals surface area contributed by atoms with Crippen molar-refractivity contribution in [2.45, 2.75) is 51.5 Å². The topological polar surface area (TPSA) is 29.9 Å². The molecule has 1 atom stereocenters. The van der Waals surface area contributed by atoms with Crippen LogP contribution in [0.4, 0.5) is 0 Å². The summed E-state index contributed by atoms with van der Waals surface area (Å²) in [6.45, 7) is 2.25. The molecule has 16 heavy (non-hydrogen) atoms. The van der Waals surface area contributed by atoms with Crippen LogP contribution in [0.3, 0.4) is 0 Å². The van der Waals surface area contributed by atoms with E-state index in [1.165, 1.54) is 37.9 Å². The fourth-order valence-corrected chi connectivity index (χ4v) is 2.09. The molecule has 1 N–H and O–H groups in total. The van der Waals surface area contributed by atoms with Gasteiger partial charge in [0.2, 0.25) is 0 Å². The average molecular weight is 223 g/mol. The van der Waals surface area contributed by atoms with Gasteiger partial charge in [0.05, 0.1) is 0 Å². The predicted molar refractivity (Wildman–Crippen MR) is 68.5 cm³/mol. The first-order chi connectivity index (χ1) is 7.77. The highest BCUT2D eigenvalue weighted by Gasteiger charge is 2.04. The molecule has 1 unspecified atom stereocenters. The summed E-state index contributed by atoms with van der Waals surface area (Å²) in [5.74, 6) is 1.21. The van der Waals surface area contributed by atoms with Crippen LogP contribution in [0.15, 0.2) is 12.4 Å². The number of aromatic nitrogens is 2. The van der Waals surface area contributed by atoms with Gasteiger partial charge in [-0.3, -0.25) is 0 Å². The number of imidazole rings is 1. The largest absolute Gasteiger partial charge is 0.338 e. The van der Waals surface area contributed by atoms with Crippen molar-refractivity contribution in [2.24, 2.45) is 7.05 Å². The van der Waals surface area contributed by atoms with E-state index in [1.54, 1.807) is 0 Å². The predicted octanol–water partition coefficient (Wildman–Crippen LogP) is 2.52. The Bertz CT molecular complexity index is 280. The third kappa shape index (κ3) is 4.35. The zero-order chi connectivity index (χ0) is 11.8. The number of hydrogen-bond donors (Lipinski definition) is 1. The van der Waals surface area contributed by atoms with E-state index in [4.69, 9.17) is 0 Å². The normalized spacial score (nSPS) is 12.9. The molecule has 92 valence electrons. The molecule has 3 nitrogen and oxygen atoms in total. The van der Waals surface area contributed by atoms with Crippen LogP contribution >= 0.6 is 0 Å². The number of aryl methyl sites for hydroxylation is 2. The maximum atomic E-state index is 4.34. The first-order valence-electron chi connectivity index (χ1n) is 6.41. The van der Waals surface area contributed by atoms with Crippen molar-refractivity contribution in [3.8, 4) is 0 Å². The third-order valence-electron chi connectivity index (χ3n) is 3.17. The van der Waals surface area contributed by atoms with E-state index < -0.39 is 0 Å². The Labute approximate surface area is 99.3 Å². The third-order valence-corrected chi connectivity index (χ3v) is 3.17. The van der Waals surface area contributed by atoms with Crippen molar-refractivity contribution in [1.82, 2.24) is 14.9 Å². The number of unbranched alkanes of at least 4 members (excludes halogenated alkanes) is 1. The number of nitrogens with one attached hydrogen (secondary N) is 1. The van der Waals surface area contributed by atoms with Gasteiger partial charge in [0.15, 0.2) is 0 Å². The molecule has 1 rings (SSSR count). The Morgan fingerprint density at radius 2 is 2.19 bits per heavy atom. The Balaban J connectivity index is 2.14. The van der Waals surface area contributed by atoms with Crippen LogP contribution in [0.5, 0.6) is 0 Å². The maximum absolute atomic E-state index is 4.34. The van der Waals surface area contributed by atoms with Crippen LogP contribution in [-0.2, 0) is 13.5 Å². The van der Waals surface area contributed by atoms with Gasteiger partial charge in [-0.15, -0.1) is 0 Å². The van der Waals surface area contributed by atoms with Gasteiger partial charge in [0, 0.05) is 31.9 Å². The van der Waals surface area contributed by atoms with Gasteiger partial charge in [-0.05, 0) is 26.3 Å². The second kappa shape index (κ2) is 7.44. The molecule has 0 aliphatic carbocycles. The van der Waals surface area contributed by atoms with E-state index in [1.807, 2.05) is 12.4 Å². The Hall–Kier alpha value is -0.830. The quantitative estimate of drug-likeness (QED) is 0.686. The summed E-state index contributed by atoms with van der Waals surface area (Å²) < 4.78 is 2.11. The molecular formula is C13H25N3. The molecule has 1 aromatic heterocycles. The Morgan fingerprint density at radius 3 is 2.75 bits per heavy atom. The highest BCUT2D eigenvalue weighted by Crippen LogP contribution is 2.09. The molecular weight excluding hydrogens is 198 g/mol. The van der Waals surface area contributed by atoms with E-state index in [0.717, 1.165) is 6.42 Å². The van der Waals surface area contributed by atoms with Crippen molar-refractivity contribution in [3.05, 3.63) is 18.2 Å². The van der Waals surface area contributed by atoms with E-state index in [-0.39, 0.29) is 0 Å². The van der Waals surface area contributed by atoms with Crippen molar-refractivity contribution in [2.75, 3.05) is 7.05 Å². The Kier molecular flexibility index (Phi) is 6.16. The summed E-state index contributed by atoms with van der Waals surface area (Å²) in [4.78, 5) is 4.34. The molecule has 1 aromatic rings. The zero-order valence-electron chi connectivity index (χ0n) is 10.9. The van der Waals surface area contributed by atoms with Crippen LogP contribution in [0.2, 0.25) is 0 Å². The van der Waals surface area contributed by atoms with Crippen LogP contribution < -0.4 is 5.32 Å². The highest BCUT2D eigenvalue weighted by atomic mass is 15.0. The molecule has 0 aliphatic heterocycles. The number of hydrogen-bond acceptors (Lipinski definition) is 2. The number of nitrogens with zero attached hydrogens (tertiary/aromatic N) is 2.